The van der Waals surface area contributed by atoms with Crippen molar-refractivity contribution in [2.24, 2.45) is 0 Å². The van der Waals surface area contributed by atoms with E-state index in [1.807, 2.05) is 12.1 Å². The maximum absolute atomic E-state index is 12.5. The Morgan fingerprint density at radius 2 is 1.63 bits per heavy atom. The predicted molar refractivity (Wildman–Crippen MR) is 109 cm³/mol. The number of hydrogen-bond acceptors (Lipinski definition) is 3. The average Bonchev–Trinajstić information content (AvgIpc) is 2.56. The Morgan fingerprint density at radius 3 is 2.30 bits per heavy atom. The largest absolute Gasteiger partial charge is 0.353 e. The lowest BCUT2D eigenvalue weighted by Crippen LogP contribution is -2.62. The van der Waals surface area contributed by atoms with Crippen LogP contribution in [0, 0.1) is 0 Å². The van der Waals surface area contributed by atoms with Gasteiger partial charge < -0.3 is 10.6 Å². The molecule has 1 amide bonds. The highest BCUT2D eigenvalue weighted by atomic mass is 16.2. The van der Waals surface area contributed by atoms with Crippen LogP contribution in [0.5, 0.6) is 0 Å². The number of aryl methyl sites for hydroxylation is 2. The number of benzene rings is 1. The van der Waals surface area contributed by atoms with E-state index in [0.29, 0.717) is 0 Å². The van der Waals surface area contributed by atoms with E-state index in [-0.39, 0.29) is 41.7 Å². The topological polar surface area (TPSA) is 58.2 Å². The Bertz CT molecular complexity index is 705. The molecule has 2 N–H and O–H groups in total. The number of carbonyl (C=O) groups is 2. The van der Waals surface area contributed by atoms with Crippen LogP contribution in [0.25, 0.3) is 0 Å². The van der Waals surface area contributed by atoms with Gasteiger partial charge in [-0.3, -0.25) is 9.59 Å². The van der Waals surface area contributed by atoms with Crippen molar-refractivity contribution in [2.75, 3.05) is 0 Å². The molecular formula is C23H34N2O2. The number of Topliss-reactive ketones (excluding diaryl/α,β-unsaturated/α-hetero) is 1. The van der Waals surface area contributed by atoms with Gasteiger partial charge in [0.15, 0.2) is 5.78 Å². The summed E-state index contributed by atoms with van der Waals surface area (Å²) in [6.07, 6.45) is 6.99. The van der Waals surface area contributed by atoms with Crippen molar-refractivity contribution in [2.45, 2.75) is 96.2 Å². The smallest absolute Gasteiger partial charge is 0.220 e. The van der Waals surface area contributed by atoms with Crippen molar-refractivity contribution in [1.82, 2.24) is 10.6 Å². The third kappa shape index (κ3) is 5.41. The molecule has 1 saturated heterocycles. The molecule has 0 aromatic heterocycles. The summed E-state index contributed by atoms with van der Waals surface area (Å²) in [5, 5.41) is 6.78. The lowest BCUT2D eigenvalue weighted by atomic mass is 9.79. The summed E-state index contributed by atoms with van der Waals surface area (Å²) in [5.41, 5.74) is 3.45. The fourth-order valence-corrected chi connectivity index (χ4v) is 5.00. The van der Waals surface area contributed by atoms with Crippen LogP contribution >= 0.6 is 0 Å². The summed E-state index contributed by atoms with van der Waals surface area (Å²) in [6.45, 7) is 8.69. The van der Waals surface area contributed by atoms with Crippen molar-refractivity contribution >= 4 is 11.7 Å². The second-order valence-electron chi connectivity index (χ2n) is 9.68. The lowest BCUT2D eigenvalue weighted by molar-refractivity contribution is -0.122. The molecule has 2 aliphatic rings. The van der Waals surface area contributed by atoms with Crippen LogP contribution in [0.3, 0.4) is 0 Å². The third-order valence-electron chi connectivity index (χ3n) is 5.80. The van der Waals surface area contributed by atoms with Crippen LogP contribution in [-0.4, -0.2) is 28.8 Å². The highest BCUT2D eigenvalue weighted by Crippen LogP contribution is 2.28. The minimum Gasteiger partial charge on any atom is -0.353 e. The predicted octanol–water partition coefficient (Wildman–Crippen LogP) is 3.95. The lowest BCUT2D eigenvalue weighted by Gasteiger charge is -2.46. The van der Waals surface area contributed by atoms with Crippen LogP contribution in [0.4, 0.5) is 0 Å². The highest BCUT2D eigenvalue weighted by Gasteiger charge is 2.38. The van der Waals surface area contributed by atoms with E-state index < -0.39 is 0 Å². The SMILES string of the molecule is CC1(C)CC(NC(=O)CCC(=O)c2ccc3c(c2)CCCC3)CC(C)(C)N1. The molecule has 27 heavy (non-hydrogen) atoms. The quantitative estimate of drug-likeness (QED) is 0.772. The Morgan fingerprint density at radius 1 is 1.00 bits per heavy atom. The van der Waals surface area contributed by atoms with Crippen molar-refractivity contribution in [3.8, 4) is 0 Å². The number of fused-ring (bicyclic) bond motifs is 1. The Kier molecular flexibility index (Phi) is 5.76. The number of carbonyl (C=O) groups excluding carboxylic acids is 2. The van der Waals surface area contributed by atoms with Crippen molar-refractivity contribution in [3.05, 3.63) is 34.9 Å². The van der Waals surface area contributed by atoms with Crippen molar-refractivity contribution in [1.29, 1.82) is 0 Å². The Labute approximate surface area is 163 Å². The summed E-state index contributed by atoms with van der Waals surface area (Å²) < 4.78 is 0. The molecule has 1 aromatic carbocycles. The van der Waals surface area contributed by atoms with Gasteiger partial charge >= 0.3 is 0 Å². The third-order valence-corrected chi connectivity index (χ3v) is 5.80. The van der Waals surface area contributed by atoms with E-state index in [2.05, 4.69) is 44.4 Å². The molecule has 0 bridgehead atoms. The monoisotopic (exact) mass is 370 g/mol. The fourth-order valence-electron chi connectivity index (χ4n) is 5.00. The summed E-state index contributed by atoms with van der Waals surface area (Å²) in [5.74, 6) is 0.0595. The standard InChI is InChI=1S/C23H34N2O2/c1-22(2)14-19(15-23(3,4)25-22)24-21(27)12-11-20(26)18-10-9-16-7-5-6-8-17(16)13-18/h9-10,13,19,25H,5-8,11-12,14-15H2,1-4H3,(H,24,27). The fraction of sp³-hybridized carbons (Fsp3) is 0.652. The second-order valence-corrected chi connectivity index (χ2v) is 9.68. The molecule has 4 heteroatoms. The van der Waals surface area contributed by atoms with E-state index >= 15 is 0 Å². The second kappa shape index (κ2) is 7.75. The molecule has 4 nitrogen and oxygen atoms in total. The van der Waals surface area contributed by atoms with Crippen molar-refractivity contribution in [3.63, 3.8) is 0 Å². The summed E-state index contributed by atoms with van der Waals surface area (Å²) in [4.78, 5) is 25.0. The molecule has 0 saturated carbocycles. The van der Waals surface area contributed by atoms with Gasteiger partial charge in [-0.05, 0) is 83.4 Å². The van der Waals surface area contributed by atoms with Crippen LogP contribution < -0.4 is 10.6 Å². The number of hydrogen-bond donors (Lipinski definition) is 2. The van der Waals surface area contributed by atoms with E-state index in [9.17, 15) is 9.59 Å². The van der Waals surface area contributed by atoms with Crippen LogP contribution in [0.2, 0.25) is 0 Å². The highest BCUT2D eigenvalue weighted by molar-refractivity contribution is 5.98. The van der Waals surface area contributed by atoms with E-state index in [4.69, 9.17) is 0 Å². The molecule has 1 aliphatic carbocycles. The molecular weight excluding hydrogens is 336 g/mol. The average molecular weight is 371 g/mol. The van der Waals surface area contributed by atoms with Gasteiger partial charge in [-0.25, -0.2) is 0 Å². The normalized spacial score (nSPS) is 21.3. The summed E-state index contributed by atoms with van der Waals surface area (Å²) in [6, 6.07) is 6.23. The molecule has 148 valence electrons. The van der Waals surface area contributed by atoms with Crippen molar-refractivity contribution < 1.29 is 9.59 Å². The van der Waals surface area contributed by atoms with Crippen LogP contribution in [0.1, 0.15) is 87.7 Å². The maximum atomic E-state index is 12.5. The van der Waals surface area contributed by atoms with E-state index in [1.54, 1.807) is 0 Å². The van der Waals surface area contributed by atoms with Gasteiger partial charge in [0.25, 0.3) is 0 Å². The number of rotatable bonds is 5. The van der Waals surface area contributed by atoms with Crippen LogP contribution in [-0.2, 0) is 17.6 Å². The van der Waals surface area contributed by atoms with Gasteiger partial charge in [-0.2, -0.15) is 0 Å². The number of piperidine rings is 1. The zero-order valence-corrected chi connectivity index (χ0v) is 17.3. The first-order valence-corrected chi connectivity index (χ1v) is 10.4. The molecule has 0 radical (unpaired) electrons. The molecule has 0 unspecified atom stereocenters. The molecule has 1 fully saturated rings. The molecule has 3 rings (SSSR count). The van der Waals surface area contributed by atoms with Gasteiger partial charge in [-0.15, -0.1) is 0 Å². The molecule has 0 atom stereocenters. The first kappa shape index (κ1) is 20.1. The number of ketones is 1. The zero-order valence-electron chi connectivity index (χ0n) is 17.3. The van der Waals surface area contributed by atoms with E-state index in [1.165, 1.54) is 24.0 Å². The molecule has 1 heterocycles. The Balaban J connectivity index is 1.52. The van der Waals surface area contributed by atoms with Gasteiger partial charge in [0.2, 0.25) is 5.91 Å². The van der Waals surface area contributed by atoms with Crippen LogP contribution in [0.15, 0.2) is 18.2 Å². The first-order valence-electron chi connectivity index (χ1n) is 10.4. The Hall–Kier alpha value is -1.68. The number of nitrogens with one attached hydrogen (secondary N) is 2. The van der Waals surface area contributed by atoms with E-state index in [0.717, 1.165) is 31.2 Å². The van der Waals surface area contributed by atoms with Gasteiger partial charge in [0.05, 0.1) is 0 Å². The molecule has 1 aliphatic heterocycles. The summed E-state index contributed by atoms with van der Waals surface area (Å²) >= 11 is 0. The zero-order chi connectivity index (χ0) is 19.7. The minimum atomic E-state index is -0.0141. The van der Waals surface area contributed by atoms with Gasteiger partial charge in [-0.1, -0.05) is 12.1 Å². The maximum Gasteiger partial charge on any atom is 0.220 e. The minimum absolute atomic E-state index is 0.00134. The number of amides is 1. The molecule has 1 aromatic rings. The van der Waals surface area contributed by atoms with Gasteiger partial charge in [0.1, 0.15) is 0 Å². The molecule has 0 spiro atoms. The van der Waals surface area contributed by atoms with Gasteiger partial charge in [0, 0.05) is 35.5 Å². The summed E-state index contributed by atoms with van der Waals surface area (Å²) in [7, 11) is 0. The first-order chi connectivity index (χ1) is 12.6.